The summed E-state index contributed by atoms with van der Waals surface area (Å²) in [4.78, 5) is 25.1. The summed E-state index contributed by atoms with van der Waals surface area (Å²) in [5.41, 5.74) is 3.59. The van der Waals surface area contributed by atoms with Crippen molar-refractivity contribution in [2.24, 2.45) is 0 Å². The molecule has 0 radical (unpaired) electrons. The van der Waals surface area contributed by atoms with Gasteiger partial charge in [-0.2, -0.15) is 0 Å². The van der Waals surface area contributed by atoms with E-state index in [-0.39, 0.29) is 16.7 Å². The number of methoxy groups -OCH3 is 1. The molecule has 3 rings (SSSR count). The Morgan fingerprint density at radius 3 is 2.90 bits per heavy atom. The largest absolute Gasteiger partial charge is 0.507 e. The zero-order chi connectivity index (χ0) is 21.5. The fourth-order valence-electron chi connectivity index (χ4n) is 3.42. The number of nitrogens with one attached hydrogen (secondary N) is 1. The smallest absolute Gasteiger partial charge is 0.349 e. The molecule has 0 bridgehead atoms. The minimum absolute atomic E-state index is 0.0899. The summed E-state index contributed by atoms with van der Waals surface area (Å²) in [6.07, 6.45) is 13.2. The van der Waals surface area contributed by atoms with E-state index in [9.17, 15) is 14.7 Å². The molecule has 6 heteroatoms. The summed E-state index contributed by atoms with van der Waals surface area (Å²) in [5.74, 6) is 0.240. The lowest BCUT2D eigenvalue weighted by atomic mass is 10.0. The van der Waals surface area contributed by atoms with Gasteiger partial charge in [0.1, 0.15) is 17.1 Å². The van der Waals surface area contributed by atoms with Crippen LogP contribution >= 0.6 is 0 Å². The molecule has 1 heterocycles. The highest BCUT2D eigenvalue weighted by atomic mass is 16.5. The van der Waals surface area contributed by atoms with Crippen molar-refractivity contribution in [3.63, 3.8) is 0 Å². The number of aliphatic hydroxyl groups is 1. The van der Waals surface area contributed by atoms with Gasteiger partial charge in [0.25, 0.3) is 5.91 Å². The minimum Gasteiger partial charge on any atom is -0.507 e. The Bertz CT molecular complexity index is 1130. The highest BCUT2D eigenvalue weighted by molar-refractivity contribution is 5.94. The Hall–Kier alpha value is -3.24. The minimum atomic E-state index is -0.745. The molecule has 2 N–H and O–H groups in total. The summed E-state index contributed by atoms with van der Waals surface area (Å²) < 4.78 is 10.5. The molecule has 0 unspecified atom stereocenters. The lowest BCUT2D eigenvalue weighted by molar-refractivity contribution is 0.0959. The van der Waals surface area contributed by atoms with Gasteiger partial charge in [0.15, 0.2) is 5.42 Å². The van der Waals surface area contributed by atoms with Gasteiger partial charge in [-0.25, -0.2) is 4.79 Å². The van der Waals surface area contributed by atoms with Crippen LogP contribution in [-0.4, -0.2) is 18.1 Å². The van der Waals surface area contributed by atoms with Crippen LogP contribution in [0.1, 0.15) is 62.2 Å². The molecular formula is C24H27NO5. The van der Waals surface area contributed by atoms with Crippen LogP contribution < -0.4 is 21.6 Å². The molecule has 2 aliphatic rings. The van der Waals surface area contributed by atoms with E-state index in [1.165, 1.54) is 12.1 Å². The number of ether oxygens (including phenoxy) is 1. The number of hydrogen-bond donors (Lipinski definition) is 2. The number of rotatable bonds is 8. The fraction of sp³-hybridized carbons (Fsp3) is 0.375. The summed E-state index contributed by atoms with van der Waals surface area (Å²) in [6, 6.07) is 1.50. The number of unbranched alkanes of at least 4 members (excludes halogenated alkanes) is 3. The molecule has 6 nitrogen and oxygen atoms in total. The van der Waals surface area contributed by atoms with Gasteiger partial charge in [-0.05, 0) is 55.6 Å². The third kappa shape index (κ3) is 5.22. The Labute approximate surface area is 175 Å². The highest BCUT2D eigenvalue weighted by Crippen LogP contribution is 2.17. The molecule has 30 heavy (non-hydrogen) atoms. The van der Waals surface area contributed by atoms with E-state index in [2.05, 4.69) is 18.0 Å². The molecule has 0 atom stereocenters. The molecular weight excluding hydrogens is 382 g/mol. The Morgan fingerprint density at radius 2 is 2.13 bits per heavy atom. The van der Waals surface area contributed by atoms with E-state index in [1.807, 2.05) is 6.08 Å². The van der Waals surface area contributed by atoms with Crippen LogP contribution in [0.15, 0.2) is 56.3 Å². The second-order valence-corrected chi connectivity index (χ2v) is 7.36. The number of amides is 1. The molecule has 0 saturated carbocycles. The predicted molar refractivity (Wildman–Crippen MR) is 115 cm³/mol. The van der Waals surface area contributed by atoms with Gasteiger partial charge in [-0.3, -0.25) is 4.79 Å². The van der Waals surface area contributed by atoms with E-state index in [4.69, 9.17) is 9.15 Å². The Balaban J connectivity index is 1.89. The Kier molecular flexibility index (Phi) is 7.15. The molecule has 0 saturated heterocycles. The number of fused-ring (bicyclic) bond motifs is 1. The second kappa shape index (κ2) is 9.99. The first-order chi connectivity index (χ1) is 14.5. The van der Waals surface area contributed by atoms with Crippen LogP contribution in [0.5, 0.6) is 0 Å². The van der Waals surface area contributed by atoms with Crippen LogP contribution in [-0.2, 0) is 4.74 Å². The van der Waals surface area contributed by atoms with Crippen molar-refractivity contribution < 1.29 is 19.1 Å². The van der Waals surface area contributed by atoms with Crippen molar-refractivity contribution >= 4 is 17.7 Å². The SMILES string of the molecule is CCCCCCC1=C(O)C=C=c2oc(=O)c(C(=O)NC3=CC(OC)=CCC3)cc2=C1. The molecule has 0 spiro atoms. The number of carbonyl (C=O) groups is 1. The van der Waals surface area contributed by atoms with Crippen LogP contribution in [0.25, 0.3) is 11.8 Å². The van der Waals surface area contributed by atoms with Gasteiger partial charge in [0.05, 0.1) is 7.11 Å². The van der Waals surface area contributed by atoms with E-state index in [0.29, 0.717) is 29.5 Å². The van der Waals surface area contributed by atoms with E-state index in [1.54, 1.807) is 19.3 Å². The van der Waals surface area contributed by atoms with Gasteiger partial charge >= 0.3 is 5.63 Å². The van der Waals surface area contributed by atoms with Crippen LogP contribution in [0.4, 0.5) is 0 Å². The maximum absolute atomic E-state index is 12.7. The standard InChI is InChI=1S/C24H27NO5/c1-3-4-5-6-8-16-13-17-14-20(24(28)30-22(17)12-11-21(16)26)23(27)25-18-9-7-10-19(15-18)29-2/h10-11,13-15,26H,3-9H2,1-2H3,(H,25,27). The van der Waals surface area contributed by atoms with Gasteiger partial charge in [0, 0.05) is 17.0 Å². The van der Waals surface area contributed by atoms with Gasteiger partial charge in [0.2, 0.25) is 0 Å². The molecule has 1 amide bonds. The first kappa shape index (κ1) is 21.5. The summed E-state index contributed by atoms with van der Waals surface area (Å²) in [6.45, 7) is 2.15. The van der Waals surface area contributed by atoms with Gasteiger partial charge in [-0.15, -0.1) is 0 Å². The normalized spacial score (nSPS) is 15.3. The van der Waals surface area contributed by atoms with Crippen LogP contribution in [0, 0.1) is 0 Å². The first-order valence-corrected chi connectivity index (χ1v) is 10.3. The van der Waals surface area contributed by atoms with Crippen LogP contribution in [0.3, 0.4) is 0 Å². The van der Waals surface area contributed by atoms with Crippen molar-refractivity contribution in [2.75, 3.05) is 7.11 Å². The average Bonchev–Trinajstić information content (AvgIpc) is 2.89. The second-order valence-electron chi connectivity index (χ2n) is 7.36. The molecule has 158 valence electrons. The zero-order valence-electron chi connectivity index (χ0n) is 17.4. The van der Waals surface area contributed by atoms with Crippen molar-refractivity contribution in [3.8, 4) is 0 Å². The molecule has 0 aliphatic heterocycles. The lowest BCUT2D eigenvalue weighted by Gasteiger charge is -2.14. The molecule has 2 aliphatic carbocycles. The summed E-state index contributed by atoms with van der Waals surface area (Å²) >= 11 is 0. The number of carbonyl (C=O) groups excluding carboxylic acids is 1. The monoisotopic (exact) mass is 409 g/mol. The van der Waals surface area contributed by atoms with Crippen molar-refractivity contribution in [3.05, 3.63) is 73.7 Å². The van der Waals surface area contributed by atoms with E-state index in [0.717, 1.165) is 37.7 Å². The number of aliphatic hydroxyl groups excluding tert-OH is 1. The lowest BCUT2D eigenvalue weighted by Crippen LogP contribution is -2.35. The average molecular weight is 409 g/mol. The highest BCUT2D eigenvalue weighted by Gasteiger charge is 2.16. The molecule has 1 aromatic heterocycles. The van der Waals surface area contributed by atoms with Gasteiger partial charge < -0.3 is 19.6 Å². The maximum atomic E-state index is 12.7. The first-order valence-electron chi connectivity index (χ1n) is 10.3. The molecule has 1 aromatic rings. The predicted octanol–water partition coefficient (Wildman–Crippen LogP) is 3.09. The summed E-state index contributed by atoms with van der Waals surface area (Å²) in [7, 11) is 1.57. The topological polar surface area (TPSA) is 88.8 Å². The number of hydrogen-bond acceptors (Lipinski definition) is 5. The van der Waals surface area contributed by atoms with E-state index >= 15 is 0 Å². The quantitative estimate of drug-likeness (QED) is 0.644. The maximum Gasteiger partial charge on any atom is 0.349 e. The van der Waals surface area contributed by atoms with Gasteiger partial charge in [-0.1, -0.05) is 31.9 Å². The summed E-state index contributed by atoms with van der Waals surface area (Å²) in [5, 5.41) is 13.6. The van der Waals surface area contributed by atoms with E-state index < -0.39 is 11.5 Å². The number of allylic oxidation sites excluding steroid dienone is 5. The molecule has 0 fully saturated rings. The van der Waals surface area contributed by atoms with Crippen molar-refractivity contribution in [1.82, 2.24) is 5.32 Å². The zero-order valence-corrected chi connectivity index (χ0v) is 17.4. The Morgan fingerprint density at radius 1 is 1.30 bits per heavy atom. The van der Waals surface area contributed by atoms with Crippen molar-refractivity contribution in [1.29, 1.82) is 0 Å². The van der Waals surface area contributed by atoms with Crippen molar-refractivity contribution in [2.45, 2.75) is 51.9 Å². The molecule has 0 aromatic carbocycles. The fourth-order valence-corrected chi connectivity index (χ4v) is 3.42. The van der Waals surface area contributed by atoms with Crippen LogP contribution in [0.2, 0.25) is 0 Å². The third-order valence-electron chi connectivity index (χ3n) is 5.11. The third-order valence-corrected chi connectivity index (χ3v) is 5.11.